The molecule has 2 aromatic rings. The SMILES string of the molecule is COc1ccccc1NC(=O)CN(CCc1cccc(Cl)c1)S(C)(=O)=O. The zero-order valence-corrected chi connectivity index (χ0v) is 16.2. The Balaban J connectivity index is 2.04. The standard InChI is InChI=1S/C18H21ClN2O4S/c1-25-17-9-4-3-8-16(17)20-18(22)13-21(26(2,23)24)11-10-14-6-5-7-15(19)12-14/h3-9,12H,10-11,13H2,1-2H3,(H,20,22). The summed E-state index contributed by atoms with van der Waals surface area (Å²) in [6.07, 6.45) is 1.54. The van der Waals surface area contributed by atoms with Gasteiger partial charge in [0.1, 0.15) is 5.75 Å². The Hall–Kier alpha value is -2.09. The van der Waals surface area contributed by atoms with Gasteiger partial charge in [0.05, 0.1) is 25.6 Å². The van der Waals surface area contributed by atoms with Crippen LogP contribution in [0.4, 0.5) is 5.69 Å². The second kappa shape index (κ2) is 9.02. The molecule has 0 spiro atoms. The van der Waals surface area contributed by atoms with Gasteiger partial charge in [0.25, 0.3) is 0 Å². The number of methoxy groups -OCH3 is 1. The van der Waals surface area contributed by atoms with Crippen molar-refractivity contribution in [2.75, 3.05) is 31.8 Å². The van der Waals surface area contributed by atoms with Crippen LogP contribution >= 0.6 is 11.6 Å². The Labute approximate surface area is 158 Å². The quantitative estimate of drug-likeness (QED) is 0.744. The van der Waals surface area contributed by atoms with Crippen LogP contribution in [0.15, 0.2) is 48.5 Å². The van der Waals surface area contributed by atoms with Crippen molar-refractivity contribution in [3.05, 3.63) is 59.1 Å². The van der Waals surface area contributed by atoms with Crippen LogP contribution in [0.25, 0.3) is 0 Å². The Morgan fingerprint density at radius 3 is 2.58 bits per heavy atom. The number of carbonyl (C=O) groups excluding carboxylic acids is 1. The Morgan fingerprint density at radius 2 is 1.92 bits per heavy atom. The van der Waals surface area contributed by atoms with E-state index in [1.165, 1.54) is 7.11 Å². The minimum atomic E-state index is -3.54. The van der Waals surface area contributed by atoms with Gasteiger partial charge < -0.3 is 10.1 Å². The van der Waals surface area contributed by atoms with E-state index in [4.69, 9.17) is 16.3 Å². The lowest BCUT2D eigenvalue weighted by Gasteiger charge is -2.20. The number of nitrogens with zero attached hydrogens (tertiary/aromatic N) is 1. The molecule has 0 heterocycles. The van der Waals surface area contributed by atoms with Crippen LogP contribution < -0.4 is 10.1 Å². The number of anilines is 1. The minimum absolute atomic E-state index is 0.179. The first-order valence-corrected chi connectivity index (χ1v) is 10.1. The van der Waals surface area contributed by atoms with Gasteiger partial charge in [0, 0.05) is 11.6 Å². The lowest BCUT2D eigenvalue weighted by atomic mass is 10.1. The van der Waals surface area contributed by atoms with Gasteiger partial charge in [0.15, 0.2) is 0 Å². The number of hydrogen-bond donors (Lipinski definition) is 1. The van der Waals surface area contributed by atoms with E-state index in [9.17, 15) is 13.2 Å². The highest BCUT2D eigenvalue weighted by molar-refractivity contribution is 7.88. The molecule has 1 N–H and O–H groups in total. The fourth-order valence-electron chi connectivity index (χ4n) is 2.41. The van der Waals surface area contributed by atoms with Crippen LogP contribution in [0, 0.1) is 0 Å². The first-order valence-electron chi connectivity index (χ1n) is 7.92. The maximum absolute atomic E-state index is 12.3. The number of halogens is 1. The molecule has 2 rings (SSSR count). The van der Waals surface area contributed by atoms with Gasteiger partial charge >= 0.3 is 0 Å². The molecule has 6 nitrogen and oxygen atoms in total. The molecule has 0 unspecified atom stereocenters. The summed E-state index contributed by atoms with van der Waals surface area (Å²) >= 11 is 5.95. The van der Waals surface area contributed by atoms with Crippen molar-refractivity contribution in [3.8, 4) is 5.75 Å². The summed E-state index contributed by atoms with van der Waals surface area (Å²) in [5, 5.41) is 3.27. The van der Waals surface area contributed by atoms with E-state index in [1.807, 2.05) is 6.07 Å². The fourth-order valence-corrected chi connectivity index (χ4v) is 3.39. The molecule has 0 saturated carbocycles. The Morgan fingerprint density at radius 1 is 1.19 bits per heavy atom. The molecule has 0 aliphatic carbocycles. The highest BCUT2D eigenvalue weighted by Gasteiger charge is 2.20. The number of hydrogen-bond acceptors (Lipinski definition) is 4. The van der Waals surface area contributed by atoms with E-state index < -0.39 is 15.9 Å². The molecule has 0 atom stereocenters. The van der Waals surface area contributed by atoms with Gasteiger partial charge in [-0.3, -0.25) is 4.79 Å². The molecule has 1 amide bonds. The summed E-state index contributed by atoms with van der Waals surface area (Å²) in [7, 11) is -2.04. The normalized spacial score (nSPS) is 11.4. The highest BCUT2D eigenvalue weighted by atomic mass is 35.5. The second-order valence-electron chi connectivity index (χ2n) is 5.72. The van der Waals surface area contributed by atoms with E-state index in [0.29, 0.717) is 22.9 Å². The molecule has 0 bridgehead atoms. The van der Waals surface area contributed by atoms with Crippen LogP contribution in [0.3, 0.4) is 0 Å². The van der Waals surface area contributed by atoms with Crippen LogP contribution in [-0.2, 0) is 21.2 Å². The Bertz CT molecular complexity index is 871. The van der Waals surface area contributed by atoms with Crippen molar-refractivity contribution in [2.24, 2.45) is 0 Å². The number of sulfonamides is 1. The molecule has 8 heteroatoms. The molecule has 0 aromatic heterocycles. The van der Waals surface area contributed by atoms with Gasteiger partial charge in [-0.25, -0.2) is 8.42 Å². The molecule has 0 fully saturated rings. The smallest absolute Gasteiger partial charge is 0.239 e. The van der Waals surface area contributed by atoms with Crippen LogP contribution in [0.5, 0.6) is 5.75 Å². The predicted octanol–water partition coefficient (Wildman–Crippen LogP) is 2.79. The molecule has 0 radical (unpaired) electrons. The van der Waals surface area contributed by atoms with Gasteiger partial charge in [-0.05, 0) is 36.2 Å². The third-order valence-electron chi connectivity index (χ3n) is 3.71. The number of carbonyl (C=O) groups is 1. The lowest BCUT2D eigenvalue weighted by Crippen LogP contribution is -2.38. The van der Waals surface area contributed by atoms with Crippen LogP contribution in [0.1, 0.15) is 5.56 Å². The van der Waals surface area contributed by atoms with Crippen LogP contribution in [-0.4, -0.2) is 45.1 Å². The third kappa shape index (κ3) is 6.01. The third-order valence-corrected chi connectivity index (χ3v) is 5.19. The average molecular weight is 397 g/mol. The minimum Gasteiger partial charge on any atom is -0.495 e. The molecule has 0 saturated heterocycles. The fraction of sp³-hybridized carbons (Fsp3) is 0.278. The monoisotopic (exact) mass is 396 g/mol. The summed E-state index contributed by atoms with van der Waals surface area (Å²) in [4.78, 5) is 12.3. The van der Waals surface area contributed by atoms with Gasteiger partial charge in [-0.1, -0.05) is 35.9 Å². The first kappa shape index (κ1) is 20.2. The number of para-hydroxylation sites is 2. The maximum Gasteiger partial charge on any atom is 0.239 e. The van der Waals surface area contributed by atoms with E-state index in [2.05, 4.69) is 5.32 Å². The molecular weight excluding hydrogens is 376 g/mol. The summed E-state index contributed by atoms with van der Waals surface area (Å²) in [6, 6.07) is 14.1. The Kier molecular flexibility index (Phi) is 7.02. The van der Waals surface area contributed by atoms with Gasteiger partial charge in [0.2, 0.25) is 15.9 Å². The van der Waals surface area contributed by atoms with Gasteiger partial charge in [-0.2, -0.15) is 4.31 Å². The van der Waals surface area contributed by atoms with E-state index >= 15 is 0 Å². The number of ether oxygens (including phenoxy) is 1. The largest absolute Gasteiger partial charge is 0.495 e. The topological polar surface area (TPSA) is 75.7 Å². The summed E-state index contributed by atoms with van der Waals surface area (Å²) < 4.78 is 30.4. The summed E-state index contributed by atoms with van der Waals surface area (Å²) in [6.45, 7) is -0.101. The maximum atomic E-state index is 12.3. The van der Waals surface area contributed by atoms with E-state index in [-0.39, 0.29) is 13.1 Å². The zero-order chi connectivity index (χ0) is 19.2. The summed E-state index contributed by atoms with van der Waals surface area (Å²) in [5.74, 6) is 0.0664. The number of nitrogens with one attached hydrogen (secondary N) is 1. The van der Waals surface area contributed by atoms with Gasteiger partial charge in [-0.15, -0.1) is 0 Å². The molecule has 0 aliphatic heterocycles. The van der Waals surface area contributed by atoms with E-state index in [0.717, 1.165) is 16.1 Å². The average Bonchev–Trinajstić information content (AvgIpc) is 2.58. The van der Waals surface area contributed by atoms with Crippen molar-refractivity contribution in [3.63, 3.8) is 0 Å². The van der Waals surface area contributed by atoms with Crippen LogP contribution in [0.2, 0.25) is 5.02 Å². The highest BCUT2D eigenvalue weighted by Crippen LogP contribution is 2.23. The predicted molar refractivity (Wildman–Crippen MR) is 103 cm³/mol. The number of amides is 1. The van der Waals surface area contributed by atoms with E-state index in [1.54, 1.807) is 42.5 Å². The molecular formula is C18H21ClN2O4S. The summed E-state index contributed by atoms with van der Waals surface area (Å²) in [5.41, 5.74) is 1.39. The lowest BCUT2D eigenvalue weighted by molar-refractivity contribution is -0.116. The molecule has 140 valence electrons. The zero-order valence-electron chi connectivity index (χ0n) is 14.6. The molecule has 2 aromatic carbocycles. The van der Waals surface area contributed by atoms with Crippen molar-refractivity contribution >= 4 is 33.2 Å². The number of benzene rings is 2. The second-order valence-corrected chi connectivity index (χ2v) is 8.14. The van der Waals surface area contributed by atoms with Crippen molar-refractivity contribution < 1.29 is 17.9 Å². The first-order chi connectivity index (χ1) is 12.3. The van der Waals surface area contributed by atoms with Crippen molar-refractivity contribution in [1.82, 2.24) is 4.31 Å². The molecule has 26 heavy (non-hydrogen) atoms. The number of rotatable bonds is 8. The van der Waals surface area contributed by atoms with Crippen molar-refractivity contribution in [2.45, 2.75) is 6.42 Å². The van der Waals surface area contributed by atoms with Crippen molar-refractivity contribution in [1.29, 1.82) is 0 Å². The molecule has 0 aliphatic rings.